The lowest BCUT2D eigenvalue weighted by molar-refractivity contribution is -0.141. The first-order valence-electron chi connectivity index (χ1n) is 5.58. The van der Waals surface area contributed by atoms with Crippen molar-refractivity contribution in [3.63, 3.8) is 0 Å². The average molecular weight is 271 g/mol. The lowest BCUT2D eigenvalue weighted by atomic mass is 10.3. The molecule has 0 saturated carbocycles. The first-order valence-corrected chi connectivity index (χ1v) is 5.58. The third-order valence-corrected chi connectivity index (χ3v) is 2.39. The predicted molar refractivity (Wildman–Crippen MR) is 62.3 cm³/mol. The molecule has 8 heteroatoms. The van der Waals surface area contributed by atoms with Gasteiger partial charge in [0, 0.05) is 25.0 Å². The molecule has 0 saturated heterocycles. The number of nitrogens with one attached hydrogen (secondary N) is 1. The SMILES string of the molecule is CC(Cn1ccnc1)Nc1ccc(C(F)(F)F)nn1. The van der Waals surface area contributed by atoms with Gasteiger partial charge in [0.05, 0.1) is 6.33 Å². The molecule has 2 heterocycles. The van der Waals surface area contributed by atoms with Crippen molar-refractivity contribution in [3.8, 4) is 0 Å². The smallest absolute Gasteiger partial charge is 0.364 e. The molecule has 2 rings (SSSR count). The molecule has 2 aromatic heterocycles. The first kappa shape index (κ1) is 13.3. The Hall–Kier alpha value is -2.12. The van der Waals surface area contributed by atoms with Crippen LogP contribution in [0.1, 0.15) is 12.6 Å². The van der Waals surface area contributed by atoms with E-state index < -0.39 is 11.9 Å². The van der Waals surface area contributed by atoms with Gasteiger partial charge in [0.15, 0.2) is 5.69 Å². The summed E-state index contributed by atoms with van der Waals surface area (Å²) >= 11 is 0. The summed E-state index contributed by atoms with van der Waals surface area (Å²) in [6, 6.07) is 2.15. The van der Waals surface area contributed by atoms with Crippen LogP contribution in [0.5, 0.6) is 0 Å². The number of halogens is 3. The Morgan fingerprint density at radius 3 is 2.63 bits per heavy atom. The zero-order valence-electron chi connectivity index (χ0n) is 10.1. The minimum atomic E-state index is -4.46. The van der Waals surface area contributed by atoms with E-state index in [0.717, 1.165) is 6.07 Å². The molecule has 0 radical (unpaired) electrons. The second-order valence-corrected chi connectivity index (χ2v) is 4.11. The molecule has 0 aliphatic heterocycles. The number of aromatic nitrogens is 4. The topological polar surface area (TPSA) is 55.6 Å². The summed E-state index contributed by atoms with van der Waals surface area (Å²) in [4.78, 5) is 3.90. The fourth-order valence-corrected chi connectivity index (χ4v) is 1.57. The molecule has 0 aromatic carbocycles. The largest absolute Gasteiger partial charge is 0.435 e. The highest BCUT2D eigenvalue weighted by Crippen LogP contribution is 2.27. The number of hydrogen-bond donors (Lipinski definition) is 1. The molecule has 1 atom stereocenters. The van der Waals surface area contributed by atoms with E-state index in [1.54, 1.807) is 18.7 Å². The van der Waals surface area contributed by atoms with Crippen LogP contribution in [0.2, 0.25) is 0 Å². The molecular formula is C11H12F3N5. The molecule has 0 amide bonds. The van der Waals surface area contributed by atoms with E-state index in [1.165, 1.54) is 6.07 Å². The van der Waals surface area contributed by atoms with Gasteiger partial charge >= 0.3 is 6.18 Å². The van der Waals surface area contributed by atoms with E-state index >= 15 is 0 Å². The fourth-order valence-electron chi connectivity index (χ4n) is 1.57. The lowest BCUT2D eigenvalue weighted by Gasteiger charge is -2.14. The number of anilines is 1. The second-order valence-electron chi connectivity index (χ2n) is 4.11. The maximum Gasteiger partial charge on any atom is 0.435 e. The Labute approximate surface area is 107 Å². The predicted octanol–water partition coefficient (Wildman–Crippen LogP) is 2.19. The van der Waals surface area contributed by atoms with Crippen molar-refractivity contribution in [1.82, 2.24) is 19.7 Å². The molecule has 0 fully saturated rings. The van der Waals surface area contributed by atoms with Crippen molar-refractivity contribution >= 4 is 5.82 Å². The Morgan fingerprint density at radius 2 is 2.11 bits per heavy atom. The van der Waals surface area contributed by atoms with Gasteiger partial charge in [-0.15, -0.1) is 10.2 Å². The van der Waals surface area contributed by atoms with Gasteiger partial charge in [-0.05, 0) is 19.1 Å². The monoisotopic (exact) mass is 271 g/mol. The van der Waals surface area contributed by atoms with Gasteiger partial charge in [-0.3, -0.25) is 0 Å². The molecule has 5 nitrogen and oxygen atoms in total. The highest BCUT2D eigenvalue weighted by Gasteiger charge is 2.32. The van der Waals surface area contributed by atoms with Gasteiger partial charge in [0.2, 0.25) is 0 Å². The van der Waals surface area contributed by atoms with Crippen molar-refractivity contribution in [2.45, 2.75) is 25.7 Å². The number of imidazole rings is 1. The van der Waals surface area contributed by atoms with Gasteiger partial charge in [-0.25, -0.2) is 4.98 Å². The highest BCUT2D eigenvalue weighted by atomic mass is 19.4. The van der Waals surface area contributed by atoms with Gasteiger partial charge in [0.1, 0.15) is 5.82 Å². The molecule has 2 aromatic rings. The van der Waals surface area contributed by atoms with Crippen LogP contribution in [-0.4, -0.2) is 25.8 Å². The standard InChI is InChI=1S/C11H12F3N5/c1-8(6-19-5-4-15-7-19)16-10-3-2-9(17-18-10)11(12,13)14/h2-5,7-8H,6H2,1H3,(H,16,18). The Bertz CT molecular complexity index is 506. The van der Waals surface area contributed by atoms with Crippen LogP contribution in [-0.2, 0) is 12.7 Å². The Kier molecular flexibility index (Phi) is 3.68. The summed E-state index contributed by atoms with van der Waals surface area (Å²) in [5.74, 6) is 0.306. The summed E-state index contributed by atoms with van der Waals surface area (Å²) < 4.78 is 38.8. The van der Waals surface area contributed by atoms with Crippen LogP contribution in [0.3, 0.4) is 0 Å². The summed E-state index contributed by atoms with van der Waals surface area (Å²) in [6.45, 7) is 2.52. The van der Waals surface area contributed by atoms with Crippen LogP contribution < -0.4 is 5.32 Å². The van der Waals surface area contributed by atoms with Crippen LogP contribution in [0.25, 0.3) is 0 Å². The maximum atomic E-state index is 12.3. The summed E-state index contributed by atoms with van der Waals surface area (Å²) in [5, 5.41) is 9.62. The minimum absolute atomic E-state index is 0.0137. The van der Waals surface area contributed by atoms with E-state index in [4.69, 9.17) is 0 Å². The van der Waals surface area contributed by atoms with Crippen molar-refractivity contribution < 1.29 is 13.2 Å². The molecule has 1 unspecified atom stereocenters. The molecule has 0 bridgehead atoms. The average Bonchev–Trinajstić information content (AvgIpc) is 2.81. The van der Waals surface area contributed by atoms with Gasteiger partial charge in [0.25, 0.3) is 0 Å². The van der Waals surface area contributed by atoms with E-state index in [2.05, 4.69) is 20.5 Å². The van der Waals surface area contributed by atoms with Gasteiger partial charge in [-0.2, -0.15) is 13.2 Å². The molecular weight excluding hydrogens is 259 g/mol. The Balaban J connectivity index is 1.96. The van der Waals surface area contributed by atoms with Crippen LogP contribution >= 0.6 is 0 Å². The quantitative estimate of drug-likeness (QED) is 0.926. The summed E-state index contributed by atoms with van der Waals surface area (Å²) in [6.07, 6.45) is 0.659. The number of alkyl halides is 3. The second kappa shape index (κ2) is 5.25. The van der Waals surface area contributed by atoms with Crippen molar-refractivity contribution in [1.29, 1.82) is 0 Å². The summed E-state index contributed by atoms with van der Waals surface area (Å²) in [7, 11) is 0. The highest BCUT2D eigenvalue weighted by molar-refractivity contribution is 5.34. The Morgan fingerprint density at radius 1 is 1.32 bits per heavy atom. The van der Waals surface area contributed by atoms with Crippen molar-refractivity contribution in [2.24, 2.45) is 0 Å². The van der Waals surface area contributed by atoms with Crippen molar-refractivity contribution in [2.75, 3.05) is 5.32 Å². The summed E-state index contributed by atoms with van der Waals surface area (Å²) in [5.41, 5.74) is -1.000. The molecule has 1 N–H and O–H groups in total. The van der Waals surface area contributed by atoms with Crippen LogP contribution in [0.15, 0.2) is 30.9 Å². The van der Waals surface area contributed by atoms with Crippen molar-refractivity contribution in [3.05, 3.63) is 36.5 Å². The van der Waals surface area contributed by atoms with Crippen LogP contribution in [0, 0.1) is 0 Å². The normalized spacial score (nSPS) is 13.3. The first-order chi connectivity index (χ1) is 8.95. The maximum absolute atomic E-state index is 12.3. The van der Waals surface area contributed by atoms with E-state index in [0.29, 0.717) is 12.4 Å². The van der Waals surface area contributed by atoms with E-state index in [9.17, 15) is 13.2 Å². The number of nitrogens with zero attached hydrogens (tertiary/aromatic N) is 4. The van der Waals surface area contributed by atoms with E-state index in [1.807, 2.05) is 11.5 Å². The van der Waals surface area contributed by atoms with Gasteiger partial charge < -0.3 is 9.88 Å². The molecule has 0 spiro atoms. The fraction of sp³-hybridized carbons (Fsp3) is 0.364. The van der Waals surface area contributed by atoms with Crippen LogP contribution in [0.4, 0.5) is 19.0 Å². The lowest BCUT2D eigenvalue weighted by Crippen LogP contribution is -2.22. The number of rotatable bonds is 4. The van der Waals surface area contributed by atoms with Gasteiger partial charge in [-0.1, -0.05) is 0 Å². The zero-order valence-corrected chi connectivity index (χ0v) is 10.1. The number of hydrogen-bond acceptors (Lipinski definition) is 4. The minimum Gasteiger partial charge on any atom is -0.364 e. The molecule has 102 valence electrons. The molecule has 19 heavy (non-hydrogen) atoms. The zero-order chi connectivity index (χ0) is 13.9. The third kappa shape index (κ3) is 3.67. The molecule has 0 aliphatic rings. The third-order valence-electron chi connectivity index (χ3n) is 2.39. The van der Waals surface area contributed by atoms with E-state index in [-0.39, 0.29) is 6.04 Å². The molecule has 0 aliphatic carbocycles.